The summed E-state index contributed by atoms with van der Waals surface area (Å²) in [6, 6.07) is 15.5. The van der Waals surface area contributed by atoms with Gasteiger partial charge < -0.3 is 10.6 Å². The highest BCUT2D eigenvalue weighted by Gasteiger charge is 2.67. The minimum Gasteiger partial charge on any atom is -0.326 e. The molecular formula is C26H21Cl5N2O2. The van der Waals surface area contributed by atoms with Crippen LogP contribution in [0, 0.1) is 12.8 Å². The third-order valence-electron chi connectivity index (χ3n) is 6.04. The molecule has 182 valence electrons. The lowest BCUT2D eigenvalue weighted by molar-refractivity contribution is -0.117. The Morgan fingerprint density at radius 3 is 2.29 bits per heavy atom. The van der Waals surface area contributed by atoms with Crippen LogP contribution in [-0.2, 0) is 11.2 Å². The monoisotopic (exact) mass is 568 g/mol. The van der Waals surface area contributed by atoms with Crippen molar-refractivity contribution in [2.24, 2.45) is 5.92 Å². The maximum atomic E-state index is 13.1. The van der Waals surface area contributed by atoms with E-state index in [1.807, 2.05) is 32.0 Å². The van der Waals surface area contributed by atoms with Gasteiger partial charge in [-0.1, -0.05) is 59.9 Å². The molecule has 2 atom stereocenters. The lowest BCUT2D eigenvalue weighted by Gasteiger charge is -2.14. The van der Waals surface area contributed by atoms with E-state index >= 15 is 0 Å². The zero-order valence-corrected chi connectivity index (χ0v) is 22.5. The molecule has 0 aliphatic heterocycles. The Labute approximate surface area is 228 Å². The van der Waals surface area contributed by atoms with Crippen LogP contribution in [0.1, 0.15) is 39.9 Å². The molecule has 35 heavy (non-hydrogen) atoms. The molecule has 4 rings (SSSR count). The molecule has 1 aliphatic carbocycles. The molecule has 0 bridgehead atoms. The van der Waals surface area contributed by atoms with Crippen LogP contribution in [0.25, 0.3) is 0 Å². The van der Waals surface area contributed by atoms with E-state index in [1.165, 1.54) is 6.07 Å². The summed E-state index contributed by atoms with van der Waals surface area (Å²) in [7, 11) is 0. The minimum atomic E-state index is -1.31. The molecule has 2 amide bonds. The molecule has 0 aromatic heterocycles. The van der Waals surface area contributed by atoms with Crippen LogP contribution in [0.4, 0.5) is 11.4 Å². The minimum absolute atomic E-state index is 0.228. The largest absolute Gasteiger partial charge is 0.326 e. The van der Waals surface area contributed by atoms with Crippen LogP contribution in [-0.4, -0.2) is 16.1 Å². The molecule has 0 heterocycles. The second-order valence-corrected chi connectivity index (χ2v) is 11.2. The van der Waals surface area contributed by atoms with E-state index < -0.39 is 22.1 Å². The second kappa shape index (κ2) is 10.2. The average molecular weight is 571 g/mol. The fourth-order valence-electron chi connectivity index (χ4n) is 4.20. The number of nitrogens with one attached hydrogen (secondary N) is 2. The summed E-state index contributed by atoms with van der Waals surface area (Å²) in [5, 5.41) is 6.86. The molecule has 0 saturated heterocycles. The van der Waals surface area contributed by atoms with Crippen LogP contribution in [0.2, 0.25) is 15.1 Å². The molecule has 2 unspecified atom stereocenters. The maximum Gasteiger partial charge on any atom is 0.257 e. The van der Waals surface area contributed by atoms with Crippen molar-refractivity contribution in [2.45, 2.75) is 30.5 Å². The van der Waals surface area contributed by atoms with Crippen LogP contribution in [0.5, 0.6) is 0 Å². The number of aryl methyl sites for hydroxylation is 2. The highest BCUT2D eigenvalue weighted by atomic mass is 35.5. The van der Waals surface area contributed by atoms with E-state index in [0.29, 0.717) is 21.3 Å². The van der Waals surface area contributed by atoms with Gasteiger partial charge in [-0.3, -0.25) is 9.59 Å². The fourth-order valence-corrected chi connectivity index (χ4v) is 5.78. The van der Waals surface area contributed by atoms with Gasteiger partial charge in [0.1, 0.15) is 4.33 Å². The number of rotatable bonds is 6. The first-order valence-electron chi connectivity index (χ1n) is 10.9. The predicted molar refractivity (Wildman–Crippen MR) is 146 cm³/mol. The number of halogens is 5. The SMILES string of the molecule is CCc1cccc(C)c1NC(=O)c1cc(NC(=O)C2C(c3cc(Cl)cc(Cl)c3)C2(Cl)Cl)ccc1Cl. The number of hydrogen-bond acceptors (Lipinski definition) is 2. The number of carbonyl (C=O) groups excluding carboxylic acids is 2. The van der Waals surface area contributed by atoms with Crippen molar-refractivity contribution in [1.29, 1.82) is 0 Å². The normalized spacial score (nSPS) is 18.1. The van der Waals surface area contributed by atoms with Crippen molar-refractivity contribution in [3.8, 4) is 0 Å². The van der Waals surface area contributed by atoms with E-state index in [1.54, 1.807) is 30.3 Å². The summed E-state index contributed by atoms with van der Waals surface area (Å²) in [6.45, 7) is 3.95. The molecular weight excluding hydrogens is 550 g/mol. The van der Waals surface area contributed by atoms with Crippen LogP contribution in [0.15, 0.2) is 54.6 Å². The van der Waals surface area contributed by atoms with Crippen molar-refractivity contribution >= 4 is 81.2 Å². The molecule has 3 aromatic rings. The van der Waals surface area contributed by atoms with Crippen LogP contribution < -0.4 is 10.6 Å². The third-order valence-corrected chi connectivity index (χ3v) is 7.74. The Morgan fingerprint density at radius 2 is 1.63 bits per heavy atom. The summed E-state index contributed by atoms with van der Waals surface area (Å²) in [5.41, 5.74) is 4.00. The first-order valence-corrected chi connectivity index (χ1v) is 12.8. The van der Waals surface area contributed by atoms with Gasteiger partial charge in [0.15, 0.2) is 0 Å². The Balaban J connectivity index is 1.53. The predicted octanol–water partition coefficient (Wildman–Crippen LogP) is 8.30. The topological polar surface area (TPSA) is 58.2 Å². The Bertz CT molecular complexity index is 1300. The van der Waals surface area contributed by atoms with Gasteiger partial charge in [0.2, 0.25) is 5.91 Å². The van der Waals surface area contributed by atoms with Gasteiger partial charge in [-0.2, -0.15) is 0 Å². The van der Waals surface area contributed by atoms with Gasteiger partial charge in [-0.05, 0) is 66.4 Å². The molecule has 4 nitrogen and oxygen atoms in total. The lowest BCUT2D eigenvalue weighted by atomic mass is 10.1. The lowest BCUT2D eigenvalue weighted by Crippen LogP contribution is -2.18. The second-order valence-electron chi connectivity index (χ2n) is 8.43. The molecule has 2 N–H and O–H groups in total. The summed E-state index contributed by atoms with van der Waals surface area (Å²) < 4.78 is -1.31. The highest BCUT2D eigenvalue weighted by Crippen LogP contribution is 2.65. The molecule has 1 fully saturated rings. The van der Waals surface area contributed by atoms with E-state index in [2.05, 4.69) is 10.6 Å². The first kappa shape index (κ1) is 26.1. The van der Waals surface area contributed by atoms with Crippen molar-refractivity contribution in [3.05, 3.63) is 91.9 Å². The van der Waals surface area contributed by atoms with Gasteiger partial charge in [0.05, 0.1) is 16.5 Å². The van der Waals surface area contributed by atoms with Gasteiger partial charge in [-0.15, -0.1) is 23.2 Å². The standard InChI is InChI=1S/C26H21Cl5N2O2/c1-3-14-6-4-5-13(2)23(14)33-24(34)19-12-18(7-8-20(19)29)32-25(35)22-21(26(22,30)31)15-9-16(27)11-17(28)10-15/h4-12,21-22H,3H2,1-2H3,(H,32,35)(H,33,34). The smallest absolute Gasteiger partial charge is 0.257 e. The summed E-state index contributed by atoms with van der Waals surface area (Å²) in [5.74, 6) is -1.98. The molecule has 0 radical (unpaired) electrons. The van der Waals surface area contributed by atoms with Gasteiger partial charge in [-0.25, -0.2) is 0 Å². The van der Waals surface area contributed by atoms with Gasteiger partial charge in [0.25, 0.3) is 5.91 Å². The summed E-state index contributed by atoms with van der Waals surface area (Å²) in [6.07, 6.45) is 0.764. The van der Waals surface area contributed by atoms with Crippen molar-refractivity contribution in [1.82, 2.24) is 0 Å². The number of alkyl halides is 2. The van der Waals surface area contributed by atoms with E-state index in [0.717, 1.165) is 23.2 Å². The van der Waals surface area contributed by atoms with Crippen LogP contribution in [0.3, 0.4) is 0 Å². The molecule has 1 saturated carbocycles. The van der Waals surface area contributed by atoms with Crippen molar-refractivity contribution in [3.63, 3.8) is 0 Å². The zero-order valence-electron chi connectivity index (χ0n) is 18.8. The molecule has 0 spiro atoms. The van der Waals surface area contributed by atoms with E-state index in [-0.39, 0.29) is 16.5 Å². The van der Waals surface area contributed by atoms with Crippen LogP contribution >= 0.6 is 58.0 Å². The Hall–Kier alpha value is -1.95. The number of amides is 2. The van der Waals surface area contributed by atoms with E-state index in [9.17, 15) is 9.59 Å². The number of anilines is 2. The number of carbonyl (C=O) groups is 2. The quantitative estimate of drug-likeness (QED) is 0.293. The number of benzene rings is 3. The average Bonchev–Trinajstić information content (AvgIpc) is 3.37. The van der Waals surface area contributed by atoms with Crippen molar-refractivity contribution < 1.29 is 9.59 Å². The zero-order chi connectivity index (χ0) is 25.5. The van der Waals surface area contributed by atoms with E-state index in [4.69, 9.17) is 58.0 Å². The first-order chi connectivity index (χ1) is 16.5. The molecule has 3 aromatic carbocycles. The summed E-state index contributed by atoms with van der Waals surface area (Å²) in [4.78, 5) is 26.1. The fraction of sp³-hybridized carbons (Fsp3) is 0.231. The third kappa shape index (κ3) is 5.42. The maximum absolute atomic E-state index is 13.1. The van der Waals surface area contributed by atoms with Gasteiger partial charge >= 0.3 is 0 Å². The molecule has 1 aliphatic rings. The van der Waals surface area contributed by atoms with Crippen molar-refractivity contribution in [2.75, 3.05) is 10.6 Å². The summed E-state index contributed by atoms with van der Waals surface area (Å²) >= 11 is 31.4. The Kier molecular flexibility index (Phi) is 7.61. The van der Waals surface area contributed by atoms with Gasteiger partial charge in [0, 0.05) is 27.3 Å². The Morgan fingerprint density at radius 1 is 0.943 bits per heavy atom. The number of hydrogen-bond donors (Lipinski definition) is 2. The highest BCUT2D eigenvalue weighted by molar-refractivity contribution is 6.53. The molecule has 9 heteroatoms. The number of para-hydroxylation sites is 1.